The van der Waals surface area contributed by atoms with Crippen molar-refractivity contribution in [1.82, 2.24) is 5.43 Å². The van der Waals surface area contributed by atoms with Gasteiger partial charge in [-0.15, -0.1) is 0 Å². The van der Waals surface area contributed by atoms with Gasteiger partial charge < -0.3 is 19.4 Å². The standard InChI is InChI=1S/C17H19BrN4O3/c1-24-15-7-3-2-6-14(15)20-17(23)21-19-11-12-10-13(18)16(25-12)22-8-4-5-9-22/h2-3,6-7,10-11H,4-5,8-9H2,1H3,(H2,20,21,23)/b19-11+. The van der Waals surface area contributed by atoms with E-state index in [0.29, 0.717) is 17.2 Å². The Labute approximate surface area is 154 Å². The molecule has 1 aliphatic rings. The van der Waals surface area contributed by atoms with Gasteiger partial charge in [0.2, 0.25) is 5.88 Å². The Kier molecular flexibility index (Phi) is 5.60. The summed E-state index contributed by atoms with van der Waals surface area (Å²) in [5, 5.41) is 6.59. The monoisotopic (exact) mass is 406 g/mol. The highest BCUT2D eigenvalue weighted by Crippen LogP contribution is 2.31. The predicted octanol–water partition coefficient (Wildman–Crippen LogP) is 3.81. The van der Waals surface area contributed by atoms with Crippen molar-refractivity contribution in [3.63, 3.8) is 0 Å². The van der Waals surface area contributed by atoms with Crippen molar-refractivity contribution in [2.24, 2.45) is 5.10 Å². The molecule has 0 aliphatic carbocycles. The summed E-state index contributed by atoms with van der Waals surface area (Å²) >= 11 is 3.50. The number of hydrogen-bond donors (Lipinski definition) is 2. The molecule has 2 heterocycles. The van der Waals surface area contributed by atoms with Crippen LogP contribution in [0.4, 0.5) is 16.4 Å². The van der Waals surface area contributed by atoms with Gasteiger partial charge in [0.25, 0.3) is 0 Å². The van der Waals surface area contributed by atoms with Gasteiger partial charge in [0.15, 0.2) is 5.76 Å². The Morgan fingerprint density at radius 2 is 2.12 bits per heavy atom. The first-order valence-corrected chi connectivity index (χ1v) is 8.74. The highest BCUT2D eigenvalue weighted by atomic mass is 79.9. The molecule has 8 heteroatoms. The number of ether oxygens (including phenoxy) is 1. The van der Waals surface area contributed by atoms with E-state index in [9.17, 15) is 4.79 Å². The molecule has 25 heavy (non-hydrogen) atoms. The summed E-state index contributed by atoms with van der Waals surface area (Å²) in [4.78, 5) is 14.1. The van der Waals surface area contributed by atoms with E-state index in [1.165, 1.54) is 19.1 Å². The van der Waals surface area contributed by atoms with E-state index in [1.54, 1.807) is 19.2 Å². The molecule has 7 nitrogen and oxygen atoms in total. The summed E-state index contributed by atoms with van der Waals surface area (Å²) in [7, 11) is 1.54. The van der Waals surface area contributed by atoms with Gasteiger partial charge in [-0.05, 0) is 40.9 Å². The van der Waals surface area contributed by atoms with Crippen molar-refractivity contribution in [3.8, 4) is 5.75 Å². The average Bonchev–Trinajstić information content (AvgIpc) is 3.25. The molecule has 0 unspecified atom stereocenters. The van der Waals surface area contributed by atoms with Crippen molar-refractivity contribution in [1.29, 1.82) is 0 Å². The number of rotatable bonds is 5. The van der Waals surface area contributed by atoms with Crippen LogP contribution >= 0.6 is 15.9 Å². The molecule has 0 spiro atoms. The Morgan fingerprint density at radius 1 is 1.36 bits per heavy atom. The molecule has 1 saturated heterocycles. The van der Waals surface area contributed by atoms with Gasteiger partial charge in [0, 0.05) is 19.2 Å². The van der Waals surface area contributed by atoms with Crippen LogP contribution < -0.4 is 20.4 Å². The van der Waals surface area contributed by atoms with Gasteiger partial charge in [-0.2, -0.15) is 5.10 Å². The predicted molar refractivity (Wildman–Crippen MR) is 101 cm³/mol. The number of nitrogens with zero attached hydrogens (tertiary/aromatic N) is 2. The van der Waals surface area contributed by atoms with Crippen LogP contribution in [0.15, 0.2) is 44.3 Å². The molecule has 0 radical (unpaired) electrons. The highest BCUT2D eigenvalue weighted by Gasteiger charge is 2.19. The molecule has 132 valence electrons. The Bertz CT molecular complexity index is 769. The second kappa shape index (κ2) is 8.06. The maximum Gasteiger partial charge on any atom is 0.339 e. The van der Waals surface area contributed by atoms with Crippen LogP contribution in [-0.4, -0.2) is 32.4 Å². The zero-order chi connectivity index (χ0) is 17.6. The van der Waals surface area contributed by atoms with Gasteiger partial charge in [-0.1, -0.05) is 12.1 Å². The van der Waals surface area contributed by atoms with Gasteiger partial charge in [-0.25, -0.2) is 10.2 Å². The number of methoxy groups -OCH3 is 1. The minimum atomic E-state index is -0.467. The summed E-state index contributed by atoms with van der Waals surface area (Å²) in [6, 6.07) is 8.50. The number of anilines is 2. The third-order valence-electron chi connectivity index (χ3n) is 3.79. The van der Waals surface area contributed by atoms with Gasteiger partial charge in [-0.3, -0.25) is 0 Å². The molecule has 0 saturated carbocycles. The molecular formula is C17H19BrN4O3. The van der Waals surface area contributed by atoms with Crippen molar-refractivity contribution in [2.75, 3.05) is 30.4 Å². The van der Waals surface area contributed by atoms with Crippen LogP contribution in [0, 0.1) is 0 Å². The number of nitrogens with one attached hydrogen (secondary N) is 2. The molecule has 1 aromatic heterocycles. The minimum Gasteiger partial charge on any atom is -0.495 e. The zero-order valence-corrected chi connectivity index (χ0v) is 15.4. The SMILES string of the molecule is COc1ccccc1NC(=O)N/N=C/c1cc(Br)c(N2CCCC2)o1. The van der Waals surface area contributed by atoms with Gasteiger partial charge in [0.1, 0.15) is 5.75 Å². The maximum absolute atomic E-state index is 11.9. The van der Waals surface area contributed by atoms with Crippen LogP contribution in [0.3, 0.4) is 0 Å². The molecule has 0 bridgehead atoms. The summed E-state index contributed by atoms with van der Waals surface area (Å²) in [5.74, 6) is 1.94. The summed E-state index contributed by atoms with van der Waals surface area (Å²) in [6.07, 6.45) is 3.80. The van der Waals surface area contributed by atoms with Gasteiger partial charge in [0.05, 0.1) is 23.5 Å². The topological polar surface area (TPSA) is 79.1 Å². The lowest BCUT2D eigenvalue weighted by atomic mass is 10.3. The largest absolute Gasteiger partial charge is 0.495 e. The van der Waals surface area contributed by atoms with Crippen molar-refractivity contribution < 1.29 is 13.9 Å². The first-order valence-electron chi connectivity index (χ1n) is 7.94. The molecular weight excluding hydrogens is 388 g/mol. The maximum atomic E-state index is 11.9. The number of furan rings is 1. The van der Waals surface area contributed by atoms with E-state index in [2.05, 4.69) is 36.7 Å². The number of amides is 2. The van der Waals surface area contributed by atoms with Crippen molar-refractivity contribution in [2.45, 2.75) is 12.8 Å². The van der Waals surface area contributed by atoms with Gasteiger partial charge >= 0.3 is 6.03 Å². The summed E-state index contributed by atoms with van der Waals surface area (Å²) in [5.41, 5.74) is 2.97. The average molecular weight is 407 g/mol. The fraction of sp³-hybridized carbons (Fsp3) is 0.294. The number of carbonyl (C=O) groups excluding carboxylic acids is 1. The van der Waals surface area contributed by atoms with E-state index in [1.807, 2.05) is 18.2 Å². The third kappa shape index (κ3) is 4.33. The first-order chi connectivity index (χ1) is 12.2. The molecule has 2 N–H and O–H groups in total. The van der Waals surface area contributed by atoms with Crippen LogP contribution in [0.1, 0.15) is 18.6 Å². The van der Waals surface area contributed by atoms with Crippen molar-refractivity contribution >= 4 is 39.7 Å². The van der Waals surface area contributed by atoms with Crippen LogP contribution in [0.25, 0.3) is 0 Å². The normalized spacial score (nSPS) is 14.1. The smallest absolute Gasteiger partial charge is 0.339 e. The summed E-state index contributed by atoms with van der Waals surface area (Å²) < 4.78 is 11.8. The molecule has 0 atom stereocenters. The van der Waals surface area contributed by atoms with E-state index in [4.69, 9.17) is 9.15 Å². The quantitative estimate of drug-likeness (QED) is 0.584. The number of hydrogen-bond acceptors (Lipinski definition) is 5. The molecule has 1 aliphatic heterocycles. The lowest BCUT2D eigenvalue weighted by Gasteiger charge is -2.13. The van der Waals surface area contributed by atoms with E-state index in [0.717, 1.165) is 23.4 Å². The Hall–Kier alpha value is -2.48. The number of halogens is 1. The number of benzene rings is 1. The summed E-state index contributed by atoms with van der Waals surface area (Å²) in [6.45, 7) is 1.98. The highest BCUT2D eigenvalue weighted by molar-refractivity contribution is 9.10. The Balaban J connectivity index is 1.57. The van der Waals surface area contributed by atoms with E-state index < -0.39 is 6.03 Å². The molecule has 2 aromatic rings. The second-order valence-electron chi connectivity index (χ2n) is 5.52. The third-order valence-corrected chi connectivity index (χ3v) is 4.36. The van der Waals surface area contributed by atoms with Crippen LogP contribution in [0.5, 0.6) is 5.75 Å². The minimum absolute atomic E-state index is 0.467. The molecule has 1 fully saturated rings. The van der Waals surface area contributed by atoms with Crippen LogP contribution in [0.2, 0.25) is 0 Å². The fourth-order valence-electron chi connectivity index (χ4n) is 2.63. The number of hydrazone groups is 1. The molecule has 3 rings (SSSR count). The Morgan fingerprint density at radius 3 is 2.88 bits per heavy atom. The lowest BCUT2D eigenvalue weighted by Crippen LogP contribution is -2.24. The molecule has 1 aromatic carbocycles. The lowest BCUT2D eigenvalue weighted by molar-refractivity contribution is 0.252. The van der Waals surface area contributed by atoms with Crippen LogP contribution in [-0.2, 0) is 0 Å². The number of urea groups is 1. The first kappa shape index (κ1) is 17.3. The fourth-order valence-corrected chi connectivity index (χ4v) is 3.19. The zero-order valence-electron chi connectivity index (χ0n) is 13.8. The molecule has 2 amide bonds. The van der Waals surface area contributed by atoms with E-state index >= 15 is 0 Å². The number of carbonyl (C=O) groups is 1. The second-order valence-corrected chi connectivity index (χ2v) is 6.37. The number of para-hydroxylation sites is 2. The van der Waals surface area contributed by atoms with Crippen molar-refractivity contribution in [3.05, 3.63) is 40.6 Å². The van der Waals surface area contributed by atoms with E-state index in [-0.39, 0.29) is 0 Å².